The zero-order valence-electron chi connectivity index (χ0n) is 18.6. The first kappa shape index (κ1) is 26.1. The summed E-state index contributed by atoms with van der Waals surface area (Å²) in [6, 6.07) is 16.9. The van der Waals surface area contributed by atoms with Crippen molar-refractivity contribution in [2.24, 2.45) is 0 Å². The van der Waals surface area contributed by atoms with E-state index in [9.17, 15) is 24.5 Å². The summed E-state index contributed by atoms with van der Waals surface area (Å²) in [6.07, 6.45) is 0. The average molecular weight is 601 g/mol. The summed E-state index contributed by atoms with van der Waals surface area (Å²) in [5.74, 6) is -2.16. The molecule has 0 atom stereocenters. The number of benzene rings is 3. The quantitative estimate of drug-likeness (QED) is 0.111. The van der Waals surface area contributed by atoms with Crippen molar-refractivity contribution in [3.63, 3.8) is 0 Å². The molecule has 37 heavy (non-hydrogen) atoms. The molecule has 0 bridgehead atoms. The van der Waals surface area contributed by atoms with Crippen molar-refractivity contribution < 1.29 is 24.0 Å². The molecule has 0 aliphatic carbocycles. The predicted molar refractivity (Wildman–Crippen MR) is 142 cm³/mol. The van der Waals surface area contributed by atoms with Gasteiger partial charge in [0, 0.05) is 32.6 Å². The van der Waals surface area contributed by atoms with Crippen LogP contribution in [0.3, 0.4) is 0 Å². The van der Waals surface area contributed by atoms with Crippen LogP contribution in [0.2, 0.25) is 5.02 Å². The molecule has 0 radical (unpaired) electrons. The molecule has 0 unspecified atom stereocenters. The summed E-state index contributed by atoms with van der Waals surface area (Å²) in [7, 11) is 0. The average Bonchev–Trinajstić information content (AvgIpc) is 3.35. The van der Waals surface area contributed by atoms with Crippen LogP contribution in [-0.2, 0) is 9.53 Å². The number of amides is 1. The summed E-state index contributed by atoms with van der Waals surface area (Å²) in [6.45, 7) is -0.612. The molecule has 1 N–H and O–H groups in total. The highest BCUT2D eigenvalue weighted by molar-refractivity contribution is 9.10. The fourth-order valence-corrected chi connectivity index (χ4v) is 4.61. The molecule has 4 rings (SSSR count). The lowest BCUT2D eigenvalue weighted by atomic mass is 9.98. The van der Waals surface area contributed by atoms with Crippen molar-refractivity contribution in [1.29, 1.82) is 0 Å². The predicted octanol–water partition coefficient (Wildman–Crippen LogP) is 6.16. The van der Waals surface area contributed by atoms with E-state index in [1.807, 2.05) is 24.3 Å². The van der Waals surface area contributed by atoms with Crippen molar-refractivity contribution in [2.45, 2.75) is 0 Å². The highest BCUT2D eigenvalue weighted by Gasteiger charge is 2.23. The van der Waals surface area contributed by atoms with Crippen LogP contribution in [0.25, 0.3) is 11.3 Å². The minimum atomic E-state index is -0.906. The maximum atomic E-state index is 13.0. The molecule has 0 aliphatic heterocycles. The van der Waals surface area contributed by atoms with Gasteiger partial charge in [-0.3, -0.25) is 25.0 Å². The van der Waals surface area contributed by atoms with E-state index < -0.39 is 34.9 Å². The van der Waals surface area contributed by atoms with Crippen LogP contribution in [0.1, 0.15) is 26.3 Å². The Morgan fingerprint density at radius 1 is 1.05 bits per heavy atom. The molecule has 0 saturated heterocycles. The maximum Gasteiger partial charge on any atom is 0.339 e. The van der Waals surface area contributed by atoms with E-state index in [1.54, 1.807) is 5.38 Å². The first-order chi connectivity index (χ1) is 17.7. The normalized spacial score (nSPS) is 10.5. The molecule has 0 fully saturated rings. The second-order valence-electron chi connectivity index (χ2n) is 7.47. The van der Waals surface area contributed by atoms with Gasteiger partial charge in [-0.25, -0.2) is 9.78 Å². The zero-order valence-corrected chi connectivity index (χ0v) is 21.8. The monoisotopic (exact) mass is 599 g/mol. The van der Waals surface area contributed by atoms with Gasteiger partial charge in [0.2, 0.25) is 0 Å². The smallest absolute Gasteiger partial charge is 0.339 e. The van der Waals surface area contributed by atoms with Crippen LogP contribution >= 0.6 is 38.9 Å². The second-order valence-corrected chi connectivity index (χ2v) is 9.65. The zero-order chi connectivity index (χ0) is 26.5. The number of anilines is 1. The highest BCUT2D eigenvalue weighted by Crippen LogP contribution is 2.28. The van der Waals surface area contributed by atoms with Crippen molar-refractivity contribution in [3.05, 3.63) is 108 Å². The van der Waals surface area contributed by atoms with E-state index in [0.29, 0.717) is 10.8 Å². The third kappa shape index (κ3) is 6.26. The van der Waals surface area contributed by atoms with Gasteiger partial charge in [-0.2, -0.15) is 0 Å². The number of thiazole rings is 1. The summed E-state index contributed by atoms with van der Waals surface area (Å²) < 4.78 is 6.01. The fraction of sp³-hybridized carbons (Fsp3) is 0.0400. The van der Waals surface area contributed by atoms with Crippen LogP contribution in [0, 0.1) is 10.1 Å². The molecule has 9 nitrogen and oxygen atoms in total. The SMILES string of the molecule is O=C(COC(=O)c1ccccc1C(=O)c1ccc(Cl)c([N+](=O)[O-])c1)Nc1nc(-c2cccc(Br)c2)cs1. The van der Waals surface area contributed by atoms with Crippen LogP contribution in [0.5, 0.6) is 0 Å². The van der Waals surface area contributed by atoms with E-state index >= 15 is 0 Å². The second kappa shape index (κ2) is 11.4. The van der Waals surface area contributed by atoms with Crippen LogP contribution in [0.4, 0.5) is 10.8 Å². The van der Waals surface area contributed by atoms with Gasteiger partial charge >= 0.3 is 5.97 Å². The molecule has 186 valence electrons. The van der Waals surface area contributed by atoms with Crippen molar-refractivity contribution in [3.8, 4) is 11.3 Å². The lowest BCUT2D eigenvalue weighted by Crippen LogP contribution is -2.22. The lowest BCUT2D eigenvalue weighted by Gasteiger charge is -2.09. The number of carbonyl (C=O) groups is 3. The fourth-order valence-electron chi connectivity index (χ4n) is 3.28. The largest absolute Gasteiger partial charge is 0.452 e. The third-order valence-corrected chi connectivity index (χ3v) is 6.57. The lowest BCUT2D eigenvalue weighted by molar-refractivity contribution is -0.384. The standard InChI is InChI=1S/C25H15BrClN3O6S/c26-16-5-3-4-14(10-16)20-13-37-25(28-20)29-22(31)12-36-24(33)18-7-2-1-6-17(18)23(32)15-8-9-19(27)21(11-15)30(34)35/h1-11,13H,12H2,(H,28,29,31). The molecule has 1 aromatic heterocycles. The van der Waals surface area contributed by atoms with Gasteiger partial charge in [-0.05, 0) is 30.3 Å². The molecule has 3 aromatic carbocycles. The van der Waals surface area contributed by atoms with E-state index in [4.69, 9.17) is 16.3 Å². The number of rotatable bonds is 8. The first-order valence-corrected chi connectivity index (χ1v) is 12.5. The topological polar surface area (TPSA) is 128 Å². The van der Waals surface area contributed by atoms with E-state index in [2.05, 4.69) is 26.2 Å². The van der Waals surface area contributed by atoms with Crippen molar-refractivity contribution in [2.75, 3.05) is 11.9 Å². The number of hydrogen-bond donors (Lipinski definition) is 1. The number of aromatic nitrogens is 1. The molecule has 12 heteroatoms. The van der Waals surface area contributed by atoms with Gasteiger partial charge in [0.05, 0.1) is 16.2 Å². The molecular formula is C25H15BrClN3O6S. The molecular weight excluding hydrogens is 586 g/mol. The summed E-state index contributed by atoms with van der Waals surface area (Å²) in [4.78, 5) is 52.9. The Labute approximate surface area is 227 Å². The number of esters is 1. The number of nitro benzene ring substituents is 1. The molecule has 0 aliphatic rings. The number of nitrogens with zero attached hydrogens (tertiary/aromatic N) is 2. The molecule has 1 amide bonds. The van der Waals surface area contributed by atoms with Gasteiger partial charge in [0.15, 0.2) is 17.5 Å². The van der Waals surface area contributed by atoms with E-state index in [1.165, 1.54) is 47.7 Å². The minimum Gasteiger partial charge on any atom is -0.452 e. The number of ketones is 1. The van der Waals surface area contributed by atoms with Crippen LogP contribution < -0.4 is 5.32 Å². The first-order valence-electron chi connectivity index (χ1n) is 10.5. The number of hydrogen-bond acceptors (Lipinski definition) is 8. The molecule has 4 aromatic rings. The molecule has 1 heterocycles. The number of carbonyl (C=O) groups excluding carboxylic acids is 3. The molecule has 0 saturated carbocycles. The van der Waals surface area contributed by atoms with Crippen LogP contribution in [-0.4, -0.2) is 34.2 Å². The Bertz CT molecular complexity index is 1540. The van der Waals surface area contributed by atoms with Gasteiger partial charge in [0.1, 0.15) is 5.02 Å². The van der Waals surface area contributed by atoms with E-state index in [0.717, 1.165) is 16.1 Å². The Kier molecular flexibility index (Phi) is 8.07. The minimum absolute atomic E-state index is 0.0286. The number of nitro groups is 1. The Hall–Kier alpha value is -3.93. The van der Waals surface area contributed by atoms with Crippen molar-refractivity contribution in [1.82, 2.24) is 4.98 Å². The summed E-state index contributed by atoms with van der Waals surface area (Å²) in [5, 5.41) is 15.7. The number of nitrogens with one attached hydrogen (secondary N) is 1. The highest BCUT2D eigenvalue weighted by atomic mass is 79.9. The van der Waals surface area contributed by atoms with Gasteiger partial charge in [-0.15, -0.1) is 11.3 Å². The summed E-state index contributed by atoms with van der Waals surface area (Å²) in [5.41, 5.74) is 0.944. The number of ether oxygens (including phenoxy) is 1. The molecule has 0 spiro atoms. The van der Waals surface area contributed by atoms with E-state index in [-0.39, 0.29) is 21.7 Å². The Morgan fingerprint density at radius 2 is 1.81 bits per heavy atom. The number of halogens is 2. The van der Waals surface area contributed by atoms with Gasteiger partial charge in [-0.1, -0.05) is 57.9 Å². The maximum absolute atomic E-state index is 13.0. The Balaban J connectivity index is 1.43. The van der Waals surface area contributed by atoms with Crippen molar-refractivity contribution >= 4 is 67.3 Å². The Morgan fingerprint density at radius 3 is 2.54 bits per heavy atom. The van der Waals surface area contributed by atoms with Crippen LogP contribution in [0.15, 0.2) is 76.6 Å². The summed E-state index contributed by atoms with van der Waals surface area (Å²) >= 11 is 10.4. The third-order valence-electron chi connectivity index (χ3n) is 5.00. The van der Waals surface area contributed by atoms with Gasteiger partial charge < -0.3 is 4.74 Å². The van der Waals surface area contributed by atoms with Gasteiger partial charge in [0.25, 0.3) is 11.6 Å².